The lowest BCUT2D eigenvalue weighted by atomic mass is 10.2. The zero-order valence-electron chi connectivity index (χ0n) is 11.1. The second kappa shape index (κ2) is 5.59. The van der Waals surface area contributed by atoms with Gasteiger partial charge in [0.15, 0.2) is 0 Å². The van der Waals surface area contributed by atoms with Crippen LogP contribution in [0.1, 0.15) is 16.8 Å². The van der Waals surface area contributed by atoms with E-state index in [4.69, 9.17) is 5.73 Å². The summed E-state index contributed by atoms with van der Waals surface area (Å²) in [4.78, 5) is 1.28. The van der Waals surface area contributed by atoms with Gasteiger partial charge in [0.05, 0.1) is 5.69 Å². The largest absolute Gasteiger partial charge is 0.330 e. The van der Waals surface area contributed by atoms with Crippen LogP contribution in [0.25, 0.3) is 0 Å². The number of aryl methyl sites for hydroxylation is 3. The molecule has 3 nitrogen and oxygen atoms in total. The third kappa shape index (κ3) is 2.60. The second-order valence-electron chi connectivity index (χ2n) is 4.40. The third-order valence-corrected chi connectivity index (χ3v) is 4.37. The van der Waals surface area contributed by atoms with Crippen molar-refractivity contribution in [3.8, 4) is 0 Å². The predicted octanol–water partition coefficient (Wildman–Crippen LogP) is 2.69. The van der Waals surface area contributed by atoms with E-state index in [0.29, 0.717) is 6.54 Å². The van der Waals surface area contributed by atoms with E-state index >= 15 is 0 Å². The summed E-state index contributed by atoms with van der Waals surface area (Å²) in [5, 5.41) is 5.70. The first kappa shape index (κ1) is 13.2. The van der Waals surface area contributed by atoms with Gasteiger partial charge in [-0.2, -0.15) is 5.10 Å². The molecule has 2 aromatic rings. The van der Waals surface area contributed by atoms with Gasteiger partial charge in [0, 0.05) is 17.5 Å². The molecular formula is C14H19N3S. The Morgan fingerprint density at radius 2 is 2.00 bits per heavy atom. The smallest absolute Gasteiger partial charge is 0.102 e. The van der Waals surface area contributed by atoms with Crippen LogP contribution in [0, 0.1) is 13.8 Å². The molecule has 18 heavy (non-hydrogen) atoms. The fourth-order valence-corrected chi connectivity index (χ4v) is 3.15. The van der Waals surface area contributed by atoms with Gasteiger partial charge in [-0.25, -0.2) is 0 Å². The predicted molar refractivity (Wildman–Crippen MR) is 76.0 cm³/mol. The molecule has 2 N–H and O–H groups in total. The first-order chi connectivity index (χ1) is 8.63. The van der Waals surface area contributed by atoms with Gasteiger partial charge in [0.25, 0.3) is 0 Å². The molecule has 0 saturated carbocycles. The Morgan fingerprint density at radius 1 is 1.28 bits per heavy atom. The van der Waals surface area contributed by atoms with E-state index in [-0.39, 0.29) is 0 Å². The van der Waals surface area contributed by atoms with Gasteiger partial charge in [-0.15, -0.1) is 0 Å². The van der Waals surface area contributed by atoms with Crippen LogP contribution < -0.4 is 5.73 Å². The van der Waals surface area contributed by atoms with Crippen molar-refractivity contribution >= 4 is 11.8 Å². The number of aromatic nitrogens is 2. The van der Waals surface area contributed by atoms with Crippen LogP contribution >= 0.6 is 11.8 Å². The van der Waals surface area contributed by atoms with Gasteiger partial charge in [0.2, 0.25) is 0 Å². The minimum Gasteiger partial charge on any atom is -0.330 e. The minimum absolute atomic E-state index is 0.661. The Morgan fingerprint density at radius 3 is 2.67 bits per heavy atom. The number of benzene rings is 1. The van der Waals surface area contributed by atoms with E-state index in [1.165, 1.54) is 21.0 Å². The average Bonchev–Trinajstić information content (AvgIpc) is 2.59. The fraction of sp³-hybridized carbons (Fsp3) is 0.357. The quantitative estimate of drug-likeness (QED) is 0.920. The normalized spacial score (nSPS) is 10.9. The van der Waals surface area contributed by atoms with Crippen LogP contribution in [0.3, 0.4) is 0 Å². The van der Waals surface area contributed by atoms with E-state index in [0.717, 1.165) is 12.1 Å². The number of nitrogens with two attached hydrogens (primary N) is 1. The average molecular weight is 261 g/mol. The highest BCUT2D eigenvalue weighted by Crippen LogP contribution is 2.33. The zero-order valence-corrected chi connectivity index (χ0v) is 11.9. The number of hydrogen-bond acceptors (Lipinski definition) is 3. The van der Waals surface area contributed by atoms with Gasteiger partial charge >= 0.3 is 0 Å². The van der Waals surface area contributed by atoms with Gasteiger partial charge < -0.3 is 5.73 Å². The molecular weight excluding hydrogens is 242 g/mol. The summed E-state index contributed by atoms with van der Waals surface area (Å²) >= 11 is 1.77. The van der Waals surface area contributed by atoms with Crippen LogP contribution in [0.15, 0.2) is 34.2 Å². The molecule has 0 aliphatic rings. The highest BCUT2D eigenvalue weighted by Gasteiger charge is 2.14. The van der Waals surface area contributed by atoms with Crippen molar-refractivity contribution in [3.05, 3.63) is 41.1 Å². The molecule has 0 radical (unpaired) electrons. The van der Waals surface area contributed by atoms with E-state index in [2.05, 4.69) is 36.3 Å². The van der Waals surface area contributed by atoms with Crippen molar-refractivity contribution < 1.29 is 0 Å². The summed E-state index contributed by atoms with van der Waals surface area (Å²) in [6, 6.07) is 8.42. The summed E-state index contributed by atoms with van der Waals surface area (Å²) in [7, 11) is 1.99. The fourth-order valence-electron chi connectivity index (χ4n) is 2.02. The molecule has 1 heterocycles. The molecule has 0 bridgehead atoms. The van der Waals surface area contributed by atoms with Gasteiger partial charge in [-0.1, -0.05) is 30.0 Å². The molecule has 0 saturated heterocycles. The number of rotatable bonds is 4. The maximum absolute atomic E-state index is 5.68. The molecule has 0 atom stereocenters. The van der Waals surface area contributed by atoms with Crippen molar-refractivity contribution in [2.45, 2.75) is 30.2 Å². The molecule has 0 amide bonds. The Hall–Kier alpha value is -1.26. The molecule has 0 aliphatic carbocycles. The van der Waals surface area contributed by atoms with Crippen molar-refractivity contribution in [2.24, 2.45) is 12.8 Å². The highest BCUT2D eigenvalue weighted by atomic mass is 32.2. The summed E-state index contributed by atoms with van der Waals surface area (Å²) in [6.07, 6.45) is 0.883. The summed E-state index contributed by atoms with van der Waals surface area (Å²) < 4.78 is 1.96. The molecule has 1 aromatic heterocycles. The van der Waals surface area contributed by atoms with Gasteiger partial charge in [-0.3, -0.25) is 4.68 Å². The van der Waals surface area contributed by atoms with E-state index in [9.17, 15) is 0 Å². The lowest BCUT2D eigenvalue weighted by Gasteiger charge is -2.08. The standard InChI is InChI=1S/C14H19N3S/c1-10-6-4-5-7-13(10)18-14-12(8-9-15)11(2)16-17(14)3/h4-7H,8-9,15H2,1-3H3. The van der Waals surface area contributed by atoms with Crippen LogP contribution in [0.2, 0.25) is 0 Å². The minimum atomic E-state index is 0.661. The lowest BCUT2D eigenvalue weighted by Crippen LogP contribution is -2.04. The van der Waals surface area contributed by atoms with Gasteiger partial charge in [0.1, 0.15) is 5.03 Å². The van der Waals surface area contributed by atoms with Crippen molar-refractivity contribution in [3.63, 3.8) is 0 Å². The van der Waals surface area contributed by atoms with Crippen molar-refractivity contribution in [2.75, 3.05) is 6.54 Å². The molecule has 4 heteroatoms. The summed E-state index contributed by atoms with van der Waals surface area (Å²) in [5.41, 5.74) is 9.33. The molecule has 0 aliphatic heterocycles. The van der Waals surface area contributed by atoms with Crippen LogP contribution in [0.4, 0.5) is 0 Å². The number of hydrogen-bond donors (Lipinski definition) is 1. The molecule has 96 valence electrons. The van der Waals surface area contributed by atoms with Crippen LogP contribution in [-0.4, -0.2) is 16.3 Å². The Balaban J connectivity index is 2.37. The van der Waals surface area contributed by atoms with E-state index < -0.39 is 0 Å². The summed E-state index contributed by atoms with van der Waals surface area (Å²) in [6.45, 7) is 4.84. The molecule has 0 fully saturated rings. The van der Waals surface area contributed by atoms with Crippen LogP contribution in [-0.2, 0) is 13.5 Å². The third-order valence-electron chi connectivity index (χ3n) is 2.98. The maximum atomic E-state index is 5.68. The second-order valence-corrected chi connectivity index (χ2v) is 5.43. The molecule has 2 rings (SSSR count). The molecule has 0 unspecified atom stereocenters. The zero-order chi connectivity index (χ0) is 13.1. The van der Waals surface area contributed by atoms with Crippen molar-refractivity contribution in [1.82, 2.24) is 9.78 Å². The van der Waals surface area contributed by atoms with E-state index in [1.54, 1.807) is 11.8 Å². The highest BCUT2D eigenvalue weighted by molar-refractivity contribution is 7.99. The van der Waals surface area contributed by atoms with Gasteiger partial charge in [-0.05, 0) is 38.4 Å². The van der Waals surface area contributed by atoms with E-state index in [1.807, 2.05) is 18.7 Å². The maximum Gasteiger partial charge on any atom is 0.102 e. The first-order valence-electron chi connectivity index (χ1n) is 6.09. The molecule has 1 aromatic carbocycles. The topological polar surface area (TPSA) is 43.8 Å². The first-order valence-corrected chi connectivity index (χ1v) is 6.91. The SMILES string of the molecule is Cc1ccccc1Sc1c(CCN)c(C)nn1C. The Kier molecular flexibility index (Phi) is 4.09. The monoisotopic (exact) mass is 261 g/mol. The van der Waals surface area contributed by atoms with Crippen molar-refractivity contribution in [1.29, 1.82) is 0 Å². The lowest BCUT2D eigenvalue weighted by molar-refractivity contribution is 0.688. The molecule has 0 spiro atoms. The Labute approximate surface area is 112 Å². The Bertz CT molecular complexity index is 546. The number of nitrogens with zero attached hydrogens (tertiary/aromatic N) is 2. The summed E-state index contributed by atoms with van der Waals surface area (Å²) in [5.74, 6) is 0. The van der Waals surface area contributed by atoms with Crippen LogP contribution in [0.5, 0.6) is 0 Å².